The van der Waals surface area contributed by atoms with Crippen LogP contribution in [0, 0.1) is 0 Å². The number of rotatable bonds is 3. The van der Waals surface area contributed by atoms with Gasteiger partial charge in [0.25, 0.3) is 0 Å². The summed E-state index contributed by atoms with van der Waals surface area (Å²) in [6, 6.07) is 2.79. The zero-order chi connectivity index (χ0) is 17.0. The maximum absolute atomic E-state index is 12.4. The molecule has 1 N–H and O–H groups in total. The van der Waals surface area contributed by atoms with Crippen molar-refractivity contribution in [3.8, 4) is 0 Å². The van der Waals surface area contributed by atoms with Crippen LogP contribution in [0.1, 0.15) is 12.5 Å². The summed E-state index contributed by atoms with van der Waals surface area (Å²) in [4.78, 5) is 26.4. The fourth-order valence-electron chi connectivity index (χ4n) is 1.72. The molecule has 0 spiro atoms. The highest BCUT2D eigenvalue weighted by molar-refractivity contribution is 5.86. The largest absolute Gasteiger partial charge is 0.513 e. The first-order valence-corrected chi connectivity index (χ1v) is 6.39. The quantitative estimate of drug-likeness (QED) is 0.851. The molecule has 0 fully saturated rings. The monoisotopic (exact) mass is 332 g/mol. The average Bonchev–Trinajstić information content (AvgIpc) is 2.48. The van der Waals surface area contributed by atoms with E-state index in [1.165, 1.54) is 25.3 Å². The van der Waals surface area contributed by atoms with Gasteiger partial charge in [0, 0.05) is 6.20 Å². The van der Waals surface area contributed by atoms with E-state index in [1.807, 2.05) is 0 Å². The summed E-state index contributed by atoms with van der Waals surface area (Å²) in [6.45, 7) is 1.33. The van der Waals surface area contributed by atoms with Gasteiger partial charge >= 0.3 is 18.3 Å². The first-order chi connectivity index (χ1) is 10.8. The molecule has 1 aromatic heterocycles. The van der Waals surface area contributed by atoms with Crippen molar-refractivity contribution in [1.29, 1.82) is 0 Å². The normalized spacial score (nSPS) is 13.7. The van der Waals surface area contributed by atoms with Crippen LogP contribution in [0.4, 0.5) is 23.8 Å². The molecular weight excluding hydrogens is 321 g/mol. The van der Waals surface area contributed by atoms with Gasteiger partial charge in [0.15, 0.2) is 11.5 Å². The first kappa shape index (κ1) is 16.6. The summed E-state index contributed by atoms with van der Waals surface area (Å²) in [5.74, 6) is -3.10. The predicted octanol–water partition coefficient (Wildman–Crippen LogP) is 2.45. The van der Waals surface area contributed by atoms with E-state index in [4.69, 9.17) is 4.74 Å². The maximum atomic E-state index is 12.4. The number of hydrogen-bond acceptors (Lipinski definition) is 7. The van der Waals surface area contributed by atoms with Crippen LogP contribution in [0.2, 0.25) is 0 Å². The standard InChI is InChI=1S/C13H11F3N2O5/c1-2-21-12(20)22-8-6-18-10-7(4-3-5-17-10)9(8)23-11(19)13(14,15)16/h3-5H,2,6H2,1H3,(H,17,18). The lowest BCUT2D eigenvalue weighted by Gasteiger charge is -2.22. The van der Waals surface area contributed by atoms with Crippen LogP contribution in [0.3, 0.4) is 0 Å². The van der Waals surface area contributed by atoms with Crippen molar-refractivity contribution >= 4 is 23.7 Å². The molecule has 124 valence electrons. The highest BCUT2D eigenvalue weighted by Gasteiger charge is 2.43. The van der Waals surface area contributed by atoms with Crippen LogP contribution in [0.25, 0.3) is 5.76 Å². The van der Waals surface area contributed by atoms with E-state index < -0.39 is 24.1 Å². The molecule has 0 aromatic carbocycles. The lowest BCUT2D eigenvalue weighted by molar-refractivity contribution is -0.192. The van der Waals surface area contributed by atoms with E-state index in [-0.39, 0.29) is 30.3 Å². The number of aromatic nitrogens is 1. The molecular formula is C13H11F3N2O5. The number of nitrogens with one attached hydrogen (secondary N) is 1. The van der Waals surface area contributed by atoms with E-state index in [1.54, 1.807) is 0 Å². The summed E-state index contributed by atoms with van der Waals surface area (Å²) >= 11 is 0. The van der Waals surface area contributed by atoms with E-state index in [0.717, 1.165) is 0 Å². The predicted molar refractivity (Wildman–Crippen MR) is 69.9 cm³/mol. The number of esters is 1. The molecule has 2 rings (SSSR count). The lowest BCUT2D eigenvalue weighted by Crippen LogP contribution is -2.28. The number of nitrogens with zero attached hydrogens (tertiary/aromatic N) is 1. The Kier molecular flexibility index (Phi) is 4.72. The van der Waals surface area contributed by atoms with Crippen molar-refractivity contribution in [2.75, 3.05) is 18.5 Å². The van der Waals surface area contributed by atoms with Gasteiger partial charge in [-0.3, -0.25) is 0 Å². The maximum Gasteiger partial charge on any atom is 0.513 e. The van der Waals surface area contributed by atoms with E-state index >= 15 is 0 Å². The molecule has 0 unspecified atom stereocenters. The van der Waals surface area contributed by atoms with Crippen molar-refractivity contribution in [3.05, 3.63) is 29.7 Å². The van der Waals surface area contributed by atoms with Gasteiger partial charge in [-0.05, 0) is 19.1 Å². The number of carbonyl (C=O) groups excluding carboxylic acids is 2. The third kappa shape index (κ3) is 3.90. The van der Waals surface area contributed by atoms with Gasteiger partial charge in [-0.15, -0.1) is 0 Å². The Morgan fingerprint density at radius 1 is 1.35 bits per heavy atom. The lowest BCUT2D eigenvalue weighted by atomic mass is 10.1. The van der Waals surface area contributed by atoms with Crippen LogP contribution in [-0.2, 0) is 19.0 Å². The highest BCUT2D eigenvalue weighted by atomic mass is 19.4. The van der Waals surface area contributed by atoms with E-state index in [2.05, 4.69) is 19.8 Å². The van der Waals surface area contributed by atoms with Crippen LogP contribution in [0.5, 0.6) is 0 Å². The van der Waals surface area contributed by atoms with Crippen LogP contribution < -0.4 is 5.32 Å². The average molecular weight is 332 g/mol. The fourth-order valence-corrected chi connectivity index (χ4v) is 1.72. The van der Waals surface area contributed by atoms with Crippen molar-refractivity contribution < 1.29 is 37.0 Å². The van der Waals surface area contributed by atoms with Crippen molar-refractivity contribution in [1.82, 2.24) is 4.98 Å². The van der Waals surface area contributed by atoms with Gasteiger partial charge in [0.1, 0.15) is 5.82 Å². The summed E-state index contributed by atoms with van der Waals surface area (Å²) in [5, 5.41) is 2.73. The summed E-state index contributed by atoms with van der Waals surface area (Å²) in [7, 11) is 0. The zero-order valence-electron chi connectivity index (χ0n) is 11.8. The van der Waals surface area contributed by atoms with Crippen LogP contribution in [-0.4, -0.2) is 36.4 Å². The van der Waals surface area contributed by atoms with E-state index in [9.17, 15) is 22.8 Å². The minimum Gasteiger partial charge on any atom is -0.434 e. The number of anilines is 1. The Hall–Kier alpha value is -2.78. The second-order valence-electron chi connectivity index (χ2n) is 4.18. The summed E-state index contributed by atoms with van der Waals surface area (Å²) in [5.41, 5.74) is 0.0515. The Bertz CT molecular complexity index is 657. The second-order valence-corrected chi connectivity index (χ2v) is 4.18. The minimum absolute atomic E-state index is 0.00928. The Labute approximate surface area is 128 Å². The second kappa shape index (κ2) is 6.55. The molecule has 10 heteroatoms. The fraction of sp³-hybridized carbons (Fsp3) is 0.308. The first-order valence-electron chi connectivity index (χ1n) is 6.39. The van der Waals surface area contributed by atoms with Crippen LogP contribution in [0.15, 0.2) is 24.1 Å². The molecule has 2 heterocycles. The number of pyridine rings is 1. The molecule has 0 saturated carbocycles. The molecule has 23 heavy (non-hydrogen) atoms. The number of carbonyl (C=O) groups is 2. The molecule has 1 aromatic rings. The van der Waals surface area contributed by atoms with Gasteiger partial charge < -0.3 is 19.5 Å². The number of alkyl halides is 3. The third-order valence-electron chi connectivity index (χ3n) is 2.62. The minimum atomic E-state index is -5.20. The zero-order valence-corrected chi connectivity index (χ0v) is 11.8. The van der Waals surface area contributed by atoms with Crippen molar-refractivity contribution in [2.24, 2.45) is 0 Å². The van der Waals surface area contributed by atoms with E-state index in [0.29, 0.717) is 0 Å². The molecule has 0 amide bonds. The molecule has 0 atom stereocenters. The van der Waals surface area contributed by atoms with Crippen molar-refractivity contribution in [3.63, 3.8) is 0 Å². The smallest absolute Gasteiger partial charge is 0.434 e. The Balaban J connectivity index is 2.38. The SMILES string of the molecule is CCOC(=O)OC1=C(OC(=O)C(F)(F)F)c2cccnc2NC1. The van der Waals surface area contributed by atoms with Gasteiger partial charge in [-0.2, -0.15) is 13.2 Å². The van der Waals surface area contributed by atoms with Gasteiger partial charge in [-0.25, -0.2) is 14.6 Å². The molecule has 7 nitrogen and oxygen atoms in total. The van der Waals surface area contributed by atoms with Gasteiger partial charge in [-0.1, -0.05) is 0 Å². The molecule has 0 aliphatic carbocycles. The number of hydrogen-bond donors (Lipinski definition) is 1. The molecule has 1 aliphatic rings. The number of halogens is 3. The van der Waals surface area contributed by atoms with Gasteiger partial charge in [0.2, 0.25) is 0 Å². The highest BCUT2D eigenvalue weighted by Crippen LogP contribution is 2.32. The summed E-state index contributed by atoms with van der Waals surface area (Å²) < 4.78 is 51.0. The summed E-state index contributed by atoms with van der Waals surface area (Å²) in [6.07, 6.45) is -4.93. The Morgan fingerprint density at radius 2 is 2.09 bits per heavy atom. The Morgan fingerprint density at radius 3 is 2.74 bits per heavy atom. The molecule has 0 radical (unpaired) electrons. The number of fused-ring (bicyclic) bond motifs is 1. The number of ether oxygens (including phenoxy) is 3. The van der Waals surface area contributed by atoms with Gasteiger partial charge in [0.05, 0.1) is 18.7 Å². The molecule has 0 saturated heterocycles. The molecule has 0 bridgehead atoms. The third-order valence-corrected chi connectivity index (χ3v) is 2.62. The van der Waals surface area contributed by atoms with Crippen molar-refractivity contribution in [2.45, 2.75) is 13.1 Å². The topological polar surface area (TPSA) is 86.8 Å². The van der Waals surface area contributed by atoms with Crippen LogP contribution >= 0.6 is 0 Å². The molecule has 1 aliphatic heterocycles.